The summed E-state index contributed by atoms with van der Waals surface area (Å²) in [6.07, 6.45) is 0.795. The highest BCUT2D eigenvalue weighted by atomic mass is 28.1. The first-order chi connectivity index (χ1) is 3.31. The minimum absolute atomic E-state index is 0.265. The summed E-state index contributed by atoms with van der Waals surface area (Å²) in [5, 5.41) is 8.32. The maximum absolute atomic E-state index is 8.32. The highest BCUT2D eigenvalue weighted by molar-refractivity contribution is 6.10. The van der Waals surface area contributed by atoms with E-state index in [1.54, 1.807) is 0 Å². The van der Waals surface area contributed by atoms with E-state index in [9.17, 15) is 0 Å². The van der Waals surface area contributed by atoms with Gasteiger partial charge in [0.05, 0.1) is 0 Å². The van der Waals surface area contributed by atoms with E-state index in [0.29, 0.717) is 0 Å². The van der Waals surface area contributed by atoms with E-state index in [2.05, 4.69) is 6.58 Å². The van der Waals surface area contributed by atoms with Crippen LogP contribution in [0.15, 0.2) is 12.2 Å². The molecule has 0 fully saturated rings. The van der Waals surface area contributed by atoms with Gasteiger partial charge in [-0.15, -0.1) is 6.58 Å². The second kappa shape index (κ2) is 4.09. The Kier molecular flexibility index (Phi) is 4.04. The molecule has 1 nitrogen and oxygen atoms in total. The van der Waals surface area contributed by atoms with Crippen LogP contribution in [0.1, 0.15) is 6.42 Å². The molecule has 0 heterocycles. The molecule has 7 heavy (non-hydrogen) atoms. The molecule has 0 aliphatic heterocycles. The van der Waals surface area contributed by atoms with Crippen LogP contribution in [-0.4, -0.2) is 22.0 Å². The van der Waals surface area contributed by atoms with Crippen LogP contribution in [0.3, 0.4) is 0 Å². The Morgan fingerprint density at radius 3 is 2.43 bits per heavy atom. The first-order valence-electron chi connectivity index (χ1n) is 2.58. The molecule has 0 aliphatic rings. The van der Waals surface area contributed by atoms with E-state index in [4.69, 9.17) is 5.11 Å². The Morgan fingerprint density at radius 1 is 1.71 bits per heavy atom. The summed E-state index contributed by atoms with van der Waals surface area (Å²) in [5.74, 6) is 0. The zero-order valence-electron chi connectivity index (χ0n) is 4.78. The average molecular weight is 116 g/mol. The molecule has 0 aromatic heterocycles. The Labute approximate surface area is 47.5 Å². The van der Waals surface area contributed by atoms with Crippen LogP contribution in [0.25, 0.3) is 0 Å². The molecular formula is C5H12OSi. The van der Waals surface area contributed by atoms with E-state index >= 15 is 0 Å². The van der Waals surface area contributed by atoms with Gasteiger partial charge in [-0.05, 0) is 12.5 Å². The summed E-state index contributed by atoms with van der Waals surface area (Å²) in [5.41, 5.74) is 1.19. The monoisotopic (exact) mass is 116 g/mol. The molecule has 42 valence electrons. The minimum Gasteiger partial charge on any atom is -0.396 e. The van der Waals surface area contributed by atoms with Crippen LogP contribution < -0.4 is 0 Å². The quantitative estimate of drug-likeness (QED) is 0.397. The number of aliphatic hydroxyl groups is 1. The van der Waals surface area contributed by atoms with Gasteiger partial charge in [0, 0.05) is 16.8 Å². The van der Waals surface area contributed by atoms with Crippen molar-refractivity contribution in [1.82, 2.24) is 0 Å². The SMILES string of the molecule is C=C(C[SiH3])CCO. The standard InChI is InChI=1S/C5H12OSi/c1-5(4-7)2-3-6/h6H,1-4H2,7H3. The summed E-state index contributed by atoms with van der Waals surface area (Å²) >= 11 is 0. The maximum atomic E-state index is 8.32. The van der Waals surface area contributed by atoms with Crippen LogP contribution >= 0.6 is 0 Å². The topological polar surface area (TPSA) is 20.2 Å². The number of hydrogen-bond acceptors (Lipinski definition) is 1. The van der Waals surface area contributed by atoms with Crippen LogP contribution in [0.2, 0.25) is 6.04 Å². The fraction of sp³-hybridized carbons (Fsp3) is 0.600. The Hall–Kier alpha value is -0.0831. The zero-order chi connectivity index (χ0) is 5.70. The molecule has 0 unspecified atom stereocenters. The molecule has 0 saturated heterocycles. The lowest BCUT2D eigenvalue weighted by Crippen LogP contribution is -1.84. The van der Waals surface area contributed by atoms with Crippen molar-refractivity contribution in [3.63, 3.8) is 0 Å². The van der Waals surface area contributed by atoms with Crippen LogP contribution in [0, 0.1) is 0 Å². The van der Waals surface area contributed by atoms with Gasteiger partial charge in [-0.1, -0.05) is 5.57 Å². The molecule has 0 atom stereocenters. The average Bonchev–Trinajstić information content (AvgIpc) is 1.68. The molecule has 0 aromatic rings. The smallest absolute Gasteiger partial charge is 0.0467 e. The van der Waals surface area contributed by atoms with Crippen molar-refractivity contribution >= 4 is 10.2 Å². The highest BCUT2D eigenvalue weighted by Crippen LogP contribution is 1.98. The van der Waals surface area contributed by atoms with Gasteiger partial charge in [0.15, 0.2) is 0 Å². The summed E-state index contributed by atoms with van der Waals surface area (Å²) in [6.45, 7) is 4.00. The molecule has 0 spiro atoms. The van der Waals surface area contributed by atoms with Crippen LogP contribution in [-0.2, 0) is 0 Å². The zero-order valence-corrected chi connectivity index (χ0v) is 6.78. The van der Waals surface area contributed by atoms with E-state index < -0.39 is 0 Å². The van der Waals surface area contributed by atoms with E-state index in [-0.39, 0.29) is 6.61 Å². The van der Waals surface area contributed by atoms with E-state index in [1.807, 2.05) is 0 Å². The van der Waals surface area contributed by atoms with E-state index in [1.165, 1.54) is 15.8 Å². The Morgan fingerprint density at radius 2 is 2.29 bits per heavy atom. The van der Waals surface area contributed by atoms with Crippen molar-refractivity contribution in [3.05, 3.63) is 12.2 Å². The van der Waals surface area contributed by atoms with Crippen molar-refractivity contribution in [2.45, 2.75) is 12.5 Å². The normalized spacial score (nSPS) is 9.29. The van der Waals surface area contributed by atoms with Gasteiger partial charge in [-0.2, -0.15) is 0 Å². The van der Waals surface area contributed by atoms with Gasteiger partial charge in [-0.25, -0.2) is 0 Å². The van der Waals surface area contributed by atoms with Gasteiger partial charge < -0.3 is 5.11 Å². The molecule has 0 aliphatic carbocycles. The number of aliphatic hydroxyl groups excluding tert-OH is 1. The van der Waals surface area contributed by atoms with Gasteiger partial charge >= 0.3 is 0 Å². The minimum atomic E-state index is 0.265. The van der Waals surface area contributed by atoms with Crippen LogP contribution in [0.4, 0.5) is 0 Å². The second-order valence-corrected chi connectivity index (χ2v) is 2.28. The lowest BCUT2D eigenvalue weighted by molar-refractivity contribution is 0.299. The maximum Gasteiger partial charge on any atom is 0.0467 e. The second-order valence-electron chi connectivity index (χ2n) is 1.58. The third kappa shape index (κ3) is 3.75. The highest BCUT2D eigenvalue weighted by Gasteiger charge is 1.84. The van der Waals surface area contributed by atoms with Gasteiger partial charge in [-0.3, -0.25) is 0 Å². The summed E-state index contributed by atoms with van der Waals surface area (Å²) < 4.78 is 0. The van der Waals surface area contributed by atoms with Crippen LogP contribution in [0.5, 0.6) is 0 Å². The predicted octanol–water partition coefficient (Wildman–Crippen LogP) is -0.291. The van der Waals surface area contributed by atoms with Crippen molar-refractivity contribution in [1.29, 1.82) is 0 Å². The molecule has 2 heteroatoms. The molecule has 0 aromatic carbocycles. The first kappa shape index (κ1) is 6.92. The molecule has 0 rings (SSSR count). The molecule has 0 amide bonds. The Bertz CT molecular complexity index is 61.1. The molecular weight excluding hydrogens is 104 g/mol. The van der Waals surface area contributed by atoms with Crippen molar-refractivity contribution in [2.75, 3.05) is 6.61 Å². The largest absolute Gasteiger partial charge is 0.396 e. The fourth-order valence-corrected chi connectivity index (χ4v) is 0.688. The first-order valence-corrected chi connectivity index (χ1v) is 4.00. The summed E-state index contributed by atoms with van der Waals surface area (Å²) in [4.78, 5) is 0. The predicted molar refractivity (Wildman–Crippen MR) is 35.6 cm³/mol. The van der Waals surface area contributed by atoms with Gasteiger partial charge in [0.2, 0.25) is 0 Å². The summed E-state index contributed by atoms with van der Waals surface area (Å²) in [6, 6.07) is 1.13. The van der Waals surface area contributed by atoms with E-state index in [0.717, 1.165) is 12.5 Å². The summed E-state index contributed by atoms with van der Waals surface area (Å²) in [7, 11) is 1.18. The molecule has 1 N–H and O–H groups in total. The molecule has 0 bridgehead atoms. The third-order valence-electron chi connectivity index (χ3n) is 0.965. The third-order valence-corrected chi connectivity index (χ3v) is 1.97. The number of rotatable bonds is 3. The van der Waals surface area contributed by atoms with Crippen molar-refractivity contribution < 1.29 is 5.11 Å². The van der Waals surface area contributed by atoms with Crippen molar-refractivity contribution in [2.24, 2.45) is 0 Å². The number of hydrogen-bond donors (Lipinski definition) is 1. The molecule has 0 saturated carbocycles. The lowest BCUT2D eigenvalue weighted by atomic mass is 10.3. The fourth-order valence-electron chi connectivity index (χ4n) is 0.335. The lowest BCUT2D eigenvalue weighted by Gasteiger charge is -1.93. The molecule has 0 radical (unpaired) electrons. The van der Waals surface area contributed by atoms with Gasteiger partial charge in [0.1, 0.15) is 0 Å². The Balaban J connectivity index is 3.00. The van der Waals surface area contributed by atoms with Crippen molar-refractivity contribution in [3.8, 4) is 0 Å². The van der Waals surface area contributed by atoms with Gasteiger partial charge in [0.25, 0.3) is 0 Å².